The summed E-state index contributed by atoms with van der Waals surface area (Å²) in [5.74, 6) is 1.90. The first-order valence-corrected chi connectivity index (χ1v) is 7.31. The number of aliphatic hydroxyl groups excluding tert-OH is 1. The summed E-state index contributed by atoms with van der Waals surface area (Å²) in [4.78, 5) is 0. The van der Waals surface area contributed by atoms with Crippen LogP contribution in [0.1, 0.15) is 42.7 Å². The van der Waals surface area contributed by atoms with Crippen molar-refractivity contribution in [3.63, 3.8) is 0 Å². The molecule has 94 valence electrons. The first-order valence-electron chi connectivity index (χ1n) is 7.31. The van der Waals surface area contributed by atoms with Crippen molar-refractivity contribution >= 4 is 0 Å². The number of hydrogen-bond donors (Lipinski definition) is 1. The summed E-state index contributed by atoms with van der Waals surface area (Å²) in [6.45, 7) is 0. The summed E-state index contributed by atoms with van der Waals surface area (Å²) in [5.41, 5.74) is 4.37. The van der Waals surface area contributed by atoms with Crippen LogP contribution in [-0.2, 0) is 6.42 Å². The Morgan fingerprint density at radius 3 is 2.89 bits per heavy atom. The number of aryl methyl sites for hydroxylation is 1. The van der Waals surface area contributed by atoms with Gasteiger partial charge in [0.1, 0.15) is 0 Å². The SMILES string of the molecule is OC(C1=CCCC1)C1C2CCc3ccccc3C21. The minimum absolute atomic E-state index is 0.159. The summed E-state index contributed by atoms with van der Waals surface area (Å²) in [7, 11) is 0. The molecule has 3 aliphatic rings. The largest absolute Gasteiger partial charge is 0.388 e. The minimum atomic E-state index is -0.159. The second-order valence-corrected chi connectivity index (χ2v) is 6.12. The van der Waals surface area contributed by atoms with Crippen molar-refractivity contribution in [1.82, 2.24) is 0 Å². The van der Waals surface area contributed by atoms with Crippen LogP contribution in [0.4, 0.5) is 0 Å². The van der Waals surface area contributed by atoms with Gasteiger partial charge in [0.15, 0.2) is 0 Å². The fourth-order valence-electron chi connectivity index (χ4n) is 4.26. The van der Waals surface area contributed by atoms with Crippen molar-refractivity contribution in [3.8, 4) is 0 Å². The lowest BCUT2D eigenvalue weighted by Crippen LogP contribution is -2.13. The molecule has 0 radical (unpaired) electrons. The highest BCUT2D eigenvalue weighted by Gasteiger charge is 2.56. The number of benzene rings is 1. The molecule has 1 N–H and O–H groups in total. The molecule has 0 bridgehead atoms. The van der Waals surface area contributed by atoms with E-state index in [1.54, 1.807) is 0 Å². The number of fused-ring (bicyclic) bond motifs is 3. The highest BCUT2D eigenvalue weighted by Crippen LogP contribution is 2.62. The van der Waals surface area contributed by atoms with Gasteiger partial charge in [-0.1, -0.05) is 30.3 Å². The molecule has 1 aromatic carbocycles. The molecular formula is C17H20O. The highest BCUT2D eigenvalue weighted by atomic mass is 16.3. The third kappa shape index (κ3) is 1.50. The van der Waals surface area contributed by atoms with E-state index >= 15 is 0 Å². The average molecular weight is 240 g/mol. The number of rotatable bonds is 2. The van der Waals surface area contributed by atoms with E-state index < -0.39 is 0 Å². The molecule has 4 rings (SSSR count). The maximum atomic E-state index is 10.6. The number of aliphatic hydroxyl groups is 1. The monoisotopic (exact) mass is 240 g/mol. The Bertz CT molecular complexity index is 502. The Morgan fingerprint density at radius 2 is 2.06 bits per heavy atom. The van der Waals surface area contributed by atoms with E-state index in [0.29, 0.717) is 11.8 Å². The third-order valence-electron chi connectivity index (χ3n) is 5.21. The minimum Gasteiger partial charge on any atom is -0.388 e. The average Bonchev–Trinajstić information content (AvgIpc) is 2.89. The molecule has 1 aromatic rings. The molecule has 3 aliphatic carbocycles. The van der Waals surface area contributed by atoms with Gasteiger partial charge in [-0.15, -0.1) is 0 Å². The van der Waals surface area contributed by atoms with Crippen LogP contribution in [0.5, 0.6) is 0 Å². The van der Waals surface area contributed by atoms with Crippen LogP contribution in [0, 0.1) is 11.8 Å². The van der Waals surface area contributed by atoms with Gasteiger partial charge in [0.05, 0.1) is 6.10 Å². The van der Waals surface area contributed by atoms with E-state index in [1.807, 2.05) is 0 Å². The van der Waals surface area contributed by atoms with Gasteiger partial charge in [-0.2, -0.15) is 0 Å². The molecular weight excluding hydrogens is 220 g/mol. The van der Waals surface area contributed by atoms with E-state index in [0.717, 1.165) is 12.3 Å². The van der Waals surface area contributed by atoms with Crippen molar-refractivity contribution in [2.75, 3.05) is 0 Å². The van der Waals surface area contributed by atoms with Gasteiger partial charge < -0.3 is 5.11 Å². The van der Waals surface area contributed by atoms with Gasteiger partial charge >= 0.3 is 0 Å². The molecule has 0 saturated heterocycles. The molecule has 0 spiro atoms. The van der Waals surface area contributed by atoms with Crippen LogP contribution >= 0.6 is 0 Å². The zero-order chi connectivity index (χ0) is 12.1. The topological polar surface area (TPSA) is 20.2 Å². The second-order valence-electron chi connectivity index (χ2n) is 6.12. The fourth-order valence-corrected chi connectivity index (χ4v) is 4.26. The second kappa shape index (κ2) is 3.96. The zero-order valence-electron chi connectivity index (χ0n) is 10.7. The van der Waals surface area contributed by atoms with Crippen LogP contribution in [-0.4, -0.2) is 11.2 Å². The number of hydrogen-bond acceptors (Lipinski definition) is 1. The fraction of sp³-hybridized carbons (Fsp3) is 0.529. The van der Waals surface area contributed by atoms with E-state index in [-0.39, 0.29) is 6.10 Å². The Kier molecular flexibility index (Phi) is 2.38. The third-order valence-corrected chi connectivity index (χ3v) is 5.21. The van der Waals surface area contributed by atoms with Crippen molar-refractivity contribution in [2.24, 2.45) is 11.8 Å². The van der Waals surface area contributed by atoms with Crippen LogP contribution in [0.3, 0.4) is 0 Å². The van der Waals surface area contributed by atoms with Gasteiger partial charge in [-0.05, 0) is 66.6 Å². The molecule has 1 nitrogen and oxygen atoms in total. The van der Waals surface area contributed by atoms with Gasteiger partial charge in [-0.3, -0.25) is 0 Å². The Morgan fingerprint density at radius 1 is 1.17 bits per heavy atom. The normalized spacial score (nSPS) is 34.5. The molecule has 1 heteroatoms. The molecule has 4 atom stereocenters. The van der Waals surface area contributed by atoms with E-state index in [2.05, 4.69) is 30.3 Å². The quantitative estimate of drug-likeness (QED) is 0.785. The van der Waals surface area contributed by atoms with Gasteiger partial charge in [0.25, 0.3) is 0 Å². The van der Waals surface area contributed by atoms with Crippen LogP contribution in [0.25, 0.3) is 0 Å². The highest BCUT2D eigenvalue weighted by molar-refractivity contribution is 5.41. The Balaban J connectivity index is 1.61. The Labute approximate surface area is 109 Å². The smallest absolute Gasteiger partial charge is 0.0787 e. The summed E-state index contributed by atoms with van der Waals surface area (Å²) < 4.78 is 0. The molecule has 18 heavy (non-hydrogen) atoms. The van der Waals surface area contributed by atoms with E-state index in [4.69, 9.17) is 0 Å². The molecule has 4 unspecified atom stereocenters. The van der Waals surface area contributed by atoms with Crippen LogP contribution in [0.2, 0.25) is 0 Å². The van der Waals surface area contributed by atoms with Crippen molar-refractivity contribution < 1.29 is 5.11 Å². The standard InChI is InChI=1S/C17H20O/c18-17(12-6-1-2-7-12)16-14-10-9-11-5-3-4-8-13(11)15(14)16/h3-6,8,14-18H,1-2,7,9-10H2. The van der Waals surface area contributed by atoms with Crippen molar-refractivity contribution in [2.45, 2.75) is 44.1 Å². The van der Waals surface area contributed by atoms with Crippen molar-refractivity contribution in [1.29, 1.82) is 0 Å². The predicted molar refractivity (Wildman–Crippen MR) is 72.4 cm³/mol. The first kappa shape index (κ1) is 10.8. The zero-order valence-corrected chi connectivity index (χ0v) is 10.7. The first-order chi connectivity index (χ1) is 8.86. The summed E-state index contributed by atoms with van der Waals surface area (Å²) in [5, 5.41) is 10.6. The summed E-state index contributed by atoms with van der Waals surface area (Å²) >= 11 is 0. The molecule has 1 saturated carbocycles. The molecule has 0 aromatic heterocycles. The van der Waals surface area contributed by atoms with E-state index in [1.165, 1.54) is 42.4 Å². The number of allylic oxidation sites excluding steroid dienone is 1. The summed E-state index contributed by atoms with van der Waals surface area (Å²) in [6, 6.07) is 8.84. The molecule has 0 aliphatic heterocycles. The maximum absolute atomic E-state index is 10.6. The van der Waals surface area contributed by atoms with Crippen LogP contribution < -0.4 is 0 Å². The van der Waals surface area contributed by atoms with Crippen molar-refractivity contribution in [3.05, 3.63) is 47.0 Å². The lowest BCUT2D eigenvalue weighted by atomic mass is 9.92. The summed E-state index contributed by atoms with van der Waals surface area (Å²) in [6.07, 6.45) is 8.14. The molecule has 1 fully saturated rings. The molecule has 0 heterocycles. The molecule has 0 amide bonds. The Hall–Kier alpha value is -1.08. The van der Waals surface area contributed by atoms with Crippen LogP contribution in [0.15, 0.2) is 35.9 Å². The predicted octanol–water partition coefficient (Wildman–Crippen LogP) is 3.43. The lowest BCUT2D eigenvalue weighted by Gasteiger charge is -2.13. The van der Waals surface area contributed by atoms with E-state index in [9.17, 15) is 5.11 Å². The van der Waals surface area contributed by atoms with Gasteiger partial charge in [-0.25, -0.2) is 0 Å². The maximum Gasteiger partial charge on any atom is 0.0787 e. The van der Waals surface area contributed by atoms with Gasteiger partial charge in [0, 0.05) is 0 Å². The lowest BCUT2D eigenvalue weighted by molar-refractivity contribution is 0.175. The van der Waals surface area contributed by atoms with Gasteiger partial charge in [0.2, 0.25) is 0 Å².